The average Bonchev–Trinajstić information content (AvgIpc) is 3.05. The Kier molecular flexibility index (Phi) is 5.44. The molecule has 4 heteroatoms. The molecule has 0 unspecified atom stereocenters. The van der Waals surface area contributed by atoms with Gasteiger partial charge in [0.1, 0.15) is 17.7 Å². The standard InChI is InChI=1S/C23H29N3O/c1-3-4-15-26-16-13-20(14-17-26)27-19-11-9-18(10-12-19)23-24-21-7-5-6-8-22(21)25(23)2/h5-12,20H,3-4,13-17H2,1-2H3. The van der Waals surface area contributed by atoms with E-state index in [1.54, 1.807) is 0 Å². The highest BCUT2D eigenvalue weighted by Crippen LogP contribution is 2.26. The zero-order valence-electron chi connectivity index (χ0n) is 16.4. The second-order valence-electron chi connectivity index (χ2n) is 7.52. The van der Waals surface area contributed by atoms with E-state index in [0.29, 0.717) is 6.10 Å². The van der Waals surface area contributed by atoms with Gasteiger partial charge in [0.05, 0.1) is 11.0 Å². The fraction of sp³-hybridized carbons (Fsp3) is 0.435. The third-order valence-electron chi connectivity index (χ3n) is 5.56. The number of hydrogen-bond donors (Lipinski definition) is 0. The van der Waals surface area contributed by atoms with Gasteiger partial charge in [-0.15, -0.1) is 0 Å². The number of aryl methyl sites for hydroxylation is 1. The molecule has 27 heavy (non-hydrogen) atoms. The molecular weight excluding hydrogens is 334 g/mol. The highest BCUT2D eigenvalue weighted by atomic mass is 16.5. The second kappa shape index (κ2) is 8.13. The highest BCUT2D eigenvalue weighted by Gasteiger charge is 2.20. The molecule has 0 radical (unpaired) electrons. The van der Waals surface area contributed by atoms with Crippen LogP contribution in [0.5, 0.6) is 5.75 Å². The zero-order valence-corrected chi connectivity index (χ0v) is 16.4. The number of para-hydroxylation sites is 2. The van der Waals surface area contributed by atoms with Crippen LogP contribution in [0.2, 0.25) is 0 Å². The number of unbranched alkanes of at least 4 members (excludes halogenated alkanes) is 1. The van der Waals surface area contributed by atoms with Crippen molar-refractivity contribution in [3.8, 4) is 17.1 Å². The predicted molar refractivity (Wildman–Crippen MR) is 111 cm³/mol. The fourth-order valence-corrected chi connectivity index (χ4v) is 3.91. The van der Waals surface area contributed by atoms with Gasteiger partial charge < -0.3 is 14.2 Å². The summed E-state index contributed by atoms with van der Waals surface area (Å²) in [4.78, 5) is 7.34. The summed E-state index contributed by atoms with van der Waals surface area (Å²) in [6.07, 6.45) is 5.15. The van der Waals surface area contributed by atoms with E-state index in [1.807, 2.05) is 6.07 Å². The lowest BCUT2D eigenvalue weighted by Crippen LogP contribution is -2.38. The Hall–Kier alpha value is -2.33. The zero-order chi connectivity index (χ0) is 18.6. The van der Waals surface area contributed by atoms with Gasteiger partial charge in [0.2, 0.25) is 0 Å². The lowest BCUT2D eigenvalue weighted by Gasteiger charge is -2.32. The Morgan fingerprint density at radius 1 is 1.04 bits per heavy atom. The highest BCUT2D eigenvalue weighted by molar-refractivity contribution is 5.80. The van der Waals surface area contributed by atoms with Crippen molar-refractivity contribution in [2.45, 2.75) is 38.7 Å². The van der Waals surface area contributed by atoms with Crippen LogP contribution < -0.4 is 4.74 Å². The van der Waals surface area contributed by atoms with Gasteiger partial charge in [-0.25, -0.2) is 4.98 Å². The SMILES string of the molecule is CCCCN1CCC(Oc2ccc(-c3nc4ccccc4n3C)cc2)CC1. The van der Waals surface area contributed by atoms with Gasteiger partial charge in [-0.1, -0.05) is 25.5 Å². The first-order chi connectivity index (χ1) is 13.2. The summed E-state index contributed by atoms with van der Waals surface area (Å²) in [5, 5.41) is 0. The van der Waals surface area contributed by atoms with E-state index in [0.717, 1.165) is 54.1 Å². The first-order valence-corrected chi connectivity index (χ1v) is 10.2. The summed E-state index contributed by atoms with van der Waals surface area (Å²) >= 11 is 0. The topological polar surface area (TPSA) is 30.3 Å². The molecule has 1 aliphatic rings. The number of nitrogens with zero attached hydrogens (tertiary/aromatic N) is 3. The third kappa shape index (κ3) is 4.01. The van der Waals surface area contributed by atoms with Gasteiger partial charge in [-0.05, 0) is 62.2 Å². The molecule has 2 aromatic carbocycles. The lowest BCUT2D eigenvalue weighted by molar-refractivity contribution is 0.0998. The number of likely N-dealkylation sites (tertiary alicyclic amines) is 1. The van der Waals surface area contributed by atoms with Crippen molar-refractivity contribution in [3.05, 3.63) is 48.5 Å². The van der Waals surface area contributed by atoms with E-state index < -0.39 is 0 Å². The van der Waals surface area contributed by atoms with Crippen molar-refractivity contribution < 1.29 is 4.74 Å². The van der Waals surface area contributed by atoms with Gasteiger partial charge in [-0.3, -0.25) is 0 Å². The van der Waals surface area contributed by atoms with E-state index in [2.05, 4.69) is 65.9 Å². The van der Waals surface area contributed by atoms with E-state index in [-0.39, 0.29) is 0 Å². The van der Waals surface area contributed by atoms with Crippen molar-refractivity contribution in [2.24, 2.45) is 7.05 Å². The summed E-state index contributed by atoms with van der Waals surface area (Å²) < 4.78 is 8.38. The molecular formula is C23H29N3O. The van der Waals surface area contributed by atoms with Crippen molar-refractivity contribution in [1.82, 2.24) is 14.5 Å². The Balaban J connectivity index is 1.40. The number of benzene rings is 2. The number of piperidine rings is 1. The molecule has 4 nitrogen and oxygen atoms in total. The molecule has 4 rings (SSSR count). The van der Waals surface area contributed by atoms with Crippen molar-refractivity contribution in [1.29, 1.82) is 0 Å². The van der Waals surface area contributed by atoms with Gasteiger partial charge in [0, 0.05) is 25.7 Å². The second-order valence-corrected chi connectivity index (χ2v) is 7.52. The summed E-state index contributed by atoms with van der Waals surface area (Å²) in [7, 11) is 2.07. The molecule has 1 aromatic heterocycles. The predicted octanol–water partition coefficient (Wildman–Crippen LogP) is 4.88. The molecule has 2 heterocycles. The lowest BCUT2D eigenvalue weighted by atomic mass is 10.1. The maximum Gasteiger partial charge on any atom is 0.140 e. The van der Waals surface area contributed by atoms with Crippen LogP contribution in [-0.2, 0) is 7.05 Å². The van der Waals surface area contributed by atoms with Gasteiger partial charge in [0.15, 0.2) is 0 Å². The molecule has 0 atom stereocenters. The van der Waals surface area contributed by atoms with Crippen LogP contribution in [0.25, 0.3) is 22.4 Å². The Bertz CT molecular complexity index is 876. The maximum absolute atomic E-state index is 6.23. The van der Waals surface area contributed by atoms with Crippen LogP contribution in [-0.4, -0.2) is 40.2 Å². The molecule has 0 bridgehead atoms. The monoisotopic (exact) mass is 363 g/mol. The molecule has 1 aliphatic heterocycles. The first kappa shape index (κ1) is 18.1. The Morgan fingerprint density at radius 2 is 1.78 bits per heavy atom. The van der Waals surface area contributed by atoms with Gasteiger partial charge in [0.25, 0.3) is 0 Å². The van der Waals surface area contributed by atoms with E-state index in [9.17, 15) is 0 Å². The minimum atomic E-state index is 0.337. The average molecular weight is 364 g/mol. The minimum absolute atomic E-state index is 0.337. The normalized spacial score (nSPS) is 16.1. The third-order valence-corrected chi connectivity index (χ3v) is 5.56. The van der Waals surface area contributed by atoms with Crippen LogP contribution in [0, 0.1) is 0 Å². The molecule has 1 fully saturated rings. The Morgan fingerprint density at radius 3 is 2.48 bits per heavy atom. The summed E-state index contributed by atoms with van der Waals surface area (Å²) in [6.45, 7) is 5.80. The Labute approximate surface area is 161 Å². The van der Waals surface area contributed by atoms with Crippen molar-refractivity contribution in [2.75, 3.05) is 19.6 Å². The number of ether oxygens (including phenoxy) is 1. The van der Waals surface area contributed by atoms with Crippen molar-refractivity contribution in [3.63, 3.8) is 0 Å². The fourth-order valence-electron chi connectivity index (χ4n) is 3.91. The number of fused-ring (bicyclic) bond motifs is 1. The molecule has 142 valence electrons. The van der Waals surface area contributed by atoms with Crippen LogP contribution >= 0.6 is 0 Å². The summed E-state index contributed by atoms with van der Waals surface area (Å²) in [6, 6.07) is 16.7. The molecule has 1 saturated heterocycles. The minimum Gasteiger partial charge on any atom is -0.490 e. The van der Waals surface area contributed by atoms with Gasteiger partial charge >= 0.3 is 0 Å². The molecule has 0 N–H and O–H groups in total. The van der Waals surface area contributed by atoms with Gasteiger partial charge in [-0.2, -0.15) is 0 Å². The largest absolute Gasteiger partial charge is 0.490 e. The maximum atomic E-state index is 6.23. The van der Waals surface area contributed by atoms with Crippen LogP contribution in [0.3, 0.4) is 0 Å². The van der Waals surface area contributed by atoms with E-state index in [4.69, 9.17) is 9.72 Å². The molecule has 0 spiro atoms. The molecule has 3 aromatic rings. The molecule has 0 amide bonds. The first-order valence-electron chi connectivity index (χ1n) is 10.2. The number of imidazole rings is 1. The van der Waals surface area contributed by atoms with Crippen LogP contribution in [0.15, 0.2) is 48.5 Å². The smallest absolute Gasteiger partial charge is 0.140 e. The summed E-state index contributed by atoms with van der Waals surface area (Å²) in [5.74, 6) is 1.96. The summed E-state index contributed by atoms with van der Waals surface area (Å²) in [5.41, 5.74) is 3.31. The number of aromatic nitrogens is 2. The van der Waals surface area contributed by atoms with Crippen molar-refractivity contribution >= 4 is 11.0 Å². The molecule has 0 aliphatic carbocycles. The quantitative estimate of drug-likeness (QED) is 0.625. The number of hydrogen-bond acceptors (Lipinski definition) is 3. The number of rotatable bonds is 6. The van der Waals surface area contributed by atoms with Crippen LogP contribution in [0.4, 0.5) is 0 Å². The van der Waals surface area contributed by atoms with E-state index in [1.165, 1.54) is 19.4 Å². The van der Waals surface area contributed by atoms with E-state index >= 15 is 0 Å². The molecule has 0 saturated carbocycles. The van der Waals surface area contributed by atoms with Crippen LogP contribution in [0.1, 0.15) is 32.6 Å².